The van der Waals surface area contributed by atoms with Crippen LogP contribution in [-0.4, -0.2) is 10.1 Å². The molecule has 0 unspecified atom stereocenters. The number of hydrogen-bond donors (Lipinski definition) is 2. The van der Waals surface area contributed by atoms with E-state index in [9.17, 15) is 5.11 Å². The van der Waals surface area contributed by atoms with Gasteiger partial charge >= 0.3 is 0 Å². The van der Waals surface area contributed by atoms with Gasteiger partial charge in [-0.3, -0.25) is 4.98 Å². The van der Waals surface area contributed by atoms with E-state index in [0.29, 0.717) is 18.9 Å². The normalized spacial score (nSPS) is 11.9. The van der Waals surface area contributed by atoms with E-state index in [4.69, 9.17) is 4.74 Å². The number of para-hydroxylation sites is 1. The van der Waals surface area contributed by atoms with Crippen molar-refractivity contribution < 1.29 is 9.84 Å². The summed E-state index contributed by atoms with van der Waals surface area (Å²) in [4.78, 5) is 4.26. The number of benzene rings is 2. The van der Waals surface area contributed by atoms with Gasteiger partial charge in [0.1, 0.15) is 18.1 Å². The molecule has 1 atom stereocenters. The van der Waals surface area contributed by atoms with Crippen molar-refractivity contribution in [3.8, 4) is 11.5 Å². The third kappa shape index (κ3) is 4.81. The fraction of sp³-hybridized carbons (Fsp3) is 0.190. The highest BCUT2D eigenvalue weighted by molar-refractivity contribution is 5.33. The van der Waals surface area contributed by atoms with Crippen LogP contribution in [0.3, 0.4) is 0 Å². The monoisotopic (exact) mass is 334 g/mol. The van der Waals surface area contributed by atoms with Crippen LogP contribution in [0.2, 0.25) is 0 Å². The fourth-order valence-electron chi connectivity index (χ4n) is 2.56. The lowest BCUT2D eigenvalue weighted by atomic mass is 10.1. The summed E-state index contributed by atoms with van der Waals surface area (Å²) in [5, 5.41) is 13.3. The summed E-state index contributed by atoms with van der Waals surface area (Å²) >= 11 is 0. The molecule has 0 fully saturated rings. The lowest BCUT2D eigenvalue weighted by Crippen LogP contribution is -2.18. The fourth-order valence-corrected chi connectivity index (χ4v) is 2.56. The van der Waals surface area contributed by atoms with Gasteiger partial charge in [0.15, 0.2) is 0 Å². The van der Waals surface area contributed by atoms with Crippen LogP contribution in [0, 0.1) is 0 Å². The number of phenols is 1. The highest BCUT2D eigenvalue weighted by atomic mass is 16.5. The zero-order valence-electron chi connectivity index (χ0n) is 14.2. The Morgan fingerprint density at radius 1 is 1.04 bits per heavy atom. The summed E-state index contributed by atoms with van der Waals surface area (Å²) in [5.41, 5.74) is 2.92. The van der Waals surface area contributed by atoms with Gasteiger partial charge < -0.3 is 15.2 Å². The van der Waals surface area contributed by atoms with Crippen molar-refractivity contribution in [3.05, 3.63) is 89.7 Å². The molecule has 0 aliphatic heterocycles. The topological polar surface area (TPSA) is 54.4 Å². The first-order valence-corrected chi connectivity index (χ1v) is 8.35. The van der Waals surface area contributed by atoms with E-state index in [1.54, 1.807) is 12.3 Å². The van der Waals surface area contributed by atoms with E-state index in [1.807, 2.05) is 54.6 Å². The Morgan fingerprint density at radius 2 is 1.88 bits per heavy atom. The first kappa shape index (κ1) is 17.0. The molecule has 0 aliphatic carbocycles. The maximum Gasteiger partial charge on any atom is 0.130 e. The molecule has 2 aromatic carbocycles. The first-order valence-electron chi connectivity index (χ1n) is 8.35. The summed E-state index contributed by atoms with van der Waals surface area (Å²) in [7, 11) is 0. The van der Waals surface area contributed by atoms with Crippen LogP contribution in [0.4, 0.5) is 0 Å². The predicted molar refractivity (Wildman–Crippen MR) is 98.4 cm³/mol. The van der Waals surface area contributed by atoms with Crippen molar-refractivity contribution in [1.82, 2.24) is 10.3 Å². The zero-order chi connectivity index (χ0) is 17.5. The number of aromatic hydroxyl groups is 1. The number of nitrogens with one attached hydrogen (secondary N) is 1. The average molecular weight is 334 g/mol. The van der Waals surface area contributed by atoms with Crippen LogP contribution in [0.25, 0.3) is 0 Å². The van der Waals surface area contributed by atoms with E-state index in [2.05, 4.69) is 23.3 Å². The number of pyridine rings is 1. The number of phenolic OH excluding ortho intramolecular Hbond substituents is 1. The molecular weight excluding hydrogens is 312 g/mol. The van der Waals surface area contributed by atoms with E-state index < -0.39 is 0 Å². The van der Waals surface area contributed by atoms with E-state index in [-0.39, 0.29) is 6.04 Å². The van der Waals surface area contributed by atoms with Crippen LogP contribution in [0.1, 0.15) is 29.8 Å². The highest BCUT2D eigenvalue weighted by Gasteiger charge is 2.08. The summed E-state index contributed by atoms with van der Waals surface area (Å²) in [6.07, 6.45) is 1.76. The molecule has 128 valence electrons. The SMILES string of the molecule is C[C@H](NCc1ccccc1O)c1cccc(OCc2ccccn2)c1. The molecule has 4 heteroatoms. The minimum absolute atomic E-state index is 0.137. The Hall–Kier alpha value is -2.85. The molecule has 3 rings (SSSR count). The summed E-state index contributed by atoms with van der Waals surface area (Å²) in [6.45, 7) is 3.15. The van der Waals surface area contributed by atoms with Gasteiger partial charge in [0.05, 0.1) is 5.69 Å². The predicted octanol–water partition coefficient (Wildman–Crippen LogP) is 4.22. The van der Waals surface area contributed by atoms with E-state index in [1.165, 1.54) is 0 Å². The van der Waals surface area contributed by atoms with Crippen molar-refractivity contribution >= 4 is 0 Å². The second-order valence-corrected chi connectivity index (χ2v) is 5.91. The van der Waals surface area contributed by atoms with Crippen LogP contribution in [0.5, 0.6) is 11.5 Å². The van der Waals surface area contributed by atoms with Crippen molar-refractivity contribution in [3.63, 3.8) is 0 Å². The van der Waals surface area contributed by atoms with E-state index in [0.717, 1.165) is 22.6 Å². The number of ether oxygens (including phenoxy) is 1. The Balaban J connectivity index is 1.59. The maximum absolute atomic E-state index is 9.85. The third-order valence-electron chi connectivity index (χ3n) is 4.06. The van der Waals surface area contributed by atoms with Crippen LogP contribution >= 0.6 is 0 Å². The lowest BCUT2D eigenvalue weighted by molar-refractivity contribution is 0.300. The lowest BCUT2D eigenvalue weighted by Gasteiger charge is -2.16. The molecule has 0 saturated carbocycles. The molecule has 4 nitrogen and oxygen atoms in total. The van der Waals surface area contributed by atoms with Gasteiger partial charge in [-0.15, -0.1) is 0 Å². The van der Waals surface area contributed by atoms with Crippen molar-refractivity contribution in [1.29, 1.82) is 0 Å². The Labute approximate surface area is 148 Å². The standard InChI is InChI=1S/C21H22N2O2/c1-16(23-14-18-7-2-3-11-21(18)24)17-8-6-10-20(13-17)25-15-19-9-4-5-12-22-19/h2-13,16,23-24H,14-15H2,1H3/t16-/m0/s1. The summed E-state index contributed by atoms with van der Waals surface area (Å²) in [6, 6.07) is 21.3. The number of nitrogens with zero attached hydrogens (tertiary/aromatic N) is 1. The van der Waals surface area contributed by atoms with Crippen LogP contribution in [-0.2, 0) is 13.2 Å². The molecule has 0 saturated heterocycles. The molecule has 0 amide bonds. The molecule has 2 N–H and O–H groups in total. The minimum Gasteiger partial charge on any atom is -0.508 e. The molecule has 25 heavy (non-hydrogen) atoms. The van der Waals surface area contributed by atoms with Crippen molar-refractivity contribution in [2.45, 2.75) is 26.1 Å². The Morgan fingerprint density at radius 3 is 2.68 bits per heavy atom. The summed E-state index contributed by atoms with van der Waals surface area (Å²) in [5.74, 6) is 1.13. The largest absolute Gasteiger partial charge is 0.508 e. The molecular formula is C21H22N2O2. The maximum atomic E-state index is 9.85. The van der Waals surface area contributed by atoms with Crippen LogP contribution < -0.4 is 10.1 Å². The molecule has 0 spiro atoms. The highest BCUT2D eigenvalue weighted by Crippen LogP contribution is 2.21. The van der Waals surface area contributed by atoms with Gasteiger partial charge in [0, 0.05) is 24.3 Å². The quantitative estimate of drug-likeness (QED) is 0.679. The van der Waals surface area contributed by atoms with Crippen LogP contribution in [0.15, 0.2) is 72.9 Å². The van der Waals surface area contributed by atoms with Gasteiger partial charge in [-0.25, -0.2) is 0 Å². The van der Waals surface area contributed by atoms with Gasteiger partial charge in [-0.1, -0.05) is 36.4 Å². The summed E-state index contributed by atoms with van der Waals surface area (Å²) < 4.78 is 5.83. The number of rotatable bonds is 7. The van der Waals surface area contributed by atoms with Crippen molar-refractivity contribution in [2.24, 2.45) is 0 Å². The first-order chi connectivity index (χ1) is 12.2. The molecule has 0 bridgehead atoms. The molecule has 1 heterocycles. The second kappa shape index (κ2) is 8.31. The third-order valence-corrected chi connectivity index (χ3v) is 4.06. The van der Waals surface area contributed by atoms with Gasteiger partial charge in [0.2, 0.25) is 0 Å². The minimum atomic E-state index is 0.137. The zero-order valence-corrected chi connectivity index (χ0v) is 14.2. The smallest absolute Gasteiger partial charge is 0.130 e. The molecule has 0 radical (unpaired) electrons. The number of hydrogen-bond acceptors (Lipinski definition) is 4. The van der Waals surface area contributed by atoms with Gasteiger partial charge in [-0.2, -0.15) is 0 Å². The van der Waals surface area contributed by atoms with Crippen molar-refractivity contribution in [2.75, 3.05) is 0 Å². The van der Waals surface area contributed by atoms with Gasteiger partial charge in [0.25, 0.3) is 0 Å². The Kier molecular flexibility index (Phi) is 5.65. The second-order valence-electron chi connectivity index (χ2n) is 5.91. The number of aromatic nitrogens is 1. The molecule has 1 aromatic heterocycles. The van der Waals surface area contributed by atoms with Gasteiger partial charge in [-0.05, 0) is 42.8 Å². The Bertz CT molecular complexity index is 806. The average Bonchev–Trinajstić information content (AvgIpc) is 2.66. The molecule has 0 aliphatic rings. The van der Waals surface area contributed by atoms with E-state index >= 15 is 0 Å². The molecule has 3 aromatic rings.